The van der Waals surface area contributed by atoms with Crippen LogP contribution in [0.5, 0.6) is 5.75 Å². The number of benzene rings is 2. The molecule has 0 spiro atoms. The van der Waals surface area contributed by atoms with Gasteiger partial charge in [0, 0.05) is 17.8 Å². The molecule has 2 nitrogen and oxygen atoms in total. The molecule has 0 atom stereocenters. The van der Waals surface area contributed by atoms with E-state index in [2.05, 4.69) is 59.0 Å². The Bertz CT molecular complexity index is 706. The van der Waals surface area contributed by atoms with Crippen molar-refractivity contribution < 1.29 is 9.50 Å². The Morgan fingerprint density at radius 3 is 2.00 bits per heavy atom. The van der Waals surface area contributed by atoms with Crippen molar-refractivity contribution >= 4 is 5.69 Å². The summed E-state index contributed by atoms with van der Waals surface area (Å²) in [7, 11) is 0. The Balaban J connectivity index is 2.39. The summed E-state index contributed by atoms with van der Waals surface area (Å²) in [4.78, 5) is 0. The molecule has 2 aromatic carbocycles. The molecule has 2 rings (SSSR count). The van der Waals surface area contributed by atoms with E-state index in [0.717, 1.165) is 16.8 Å². The zero-order valence-electron chi connectivity index (χ0n) is 15.5. The third-order valence-corrected chi connectivity index (χ3v) is 4.19. The fourth-order valence-corrected chi connectivity index (χ4v) is 2.60. The number of hydrogen-bond acceptors (Lipinski definition) is 2. The molecular weight excluding hydrogens is 301 g/mol. The molecule has 3 heteroatoms. The molecule has 0 aliphatic heterocycles. The first kappa shape index (κ1) is 18.3. The van der Waals surface area contributed by atoms with Gasteiger partial charge in [0.25, 0.3) is 0 Å². The van der Waals surface area contributed by atoms with Crippen LogP contribution < -0.4 is 5.32 Å². The molecule has 0 unspecified atom stereocenters. The molecule has 0 saturated carbocycles. The van der Waals surface area contributed by atoms with Crippen LogP contribution in [0.1, 0.15) is 58.2 Å². The van der Waals surface area contributed by atoms with Crippen molar-refractivity contribution in [2.45, 2.75) is 58.9 Å². The van der Waals surface area contributed by atoms with Crippen LogP contribution in [-0.2, 0) is 17.4 Å². The molecule has 0 aromatic heterocycles. The third kappa shape index (κ3) is 4.28. The van der Waals surface area contributed by atoms with Crippen LogP contribution in [0.2, 0.25) is 0 Å². The number of hydrogen-bond donors (Lipinski definition) is 2. The third-order valence-electron chi connectivity index (χ3n) is 4.19. The quantitative estimate of drug-likeness (QED) is 0.752. The first-order valence-corrected chi connectivity index (χ1v) is 8.35. The van der Waals surface area contributed by atoms with Crippen LogP contribution in [-0.4, -0.2) is 5.11 Å². The topological polar surface area (TPSA) is 32.3 Å². The molecular formula is C21H28FNO. The smallest absolute Gasteiger partial charge is 0.124 e. The van der Waals surface area contributed by atoms with Crippen LogP contribution in [0.3, 0.4) is 0 Å². The lowest BCUT2D eigenvalue weighted by atomic mass is 9.79. The van der Waals surface area contributed by atoms with Gasteiger partial charge in [-0.25, -0.2) is 4.39 Å². The molecule has 0 radical (unpaired) electrons. The zero-order valence-corrected chi connectivity index (χ0v) is 15.5. The molecule has 0 aliphatic carbocycles. The van der Waals surface area contributed by atoms with Crippen LogP contribution >= 0.6 is 0 Å². The van der Waals surface area contributed by atoms with Gasteiger partial charge in [0.05, 0.1) is 0 Å². The van der Waals surface area contributed by atoms with Crippen molar-refractivity contribution in [2.75, 3.05) is 5.32 Å². The first-order valence-electron chi connectivity index (χ1n) is 8.35. The number of halogens is 1. The monoisotopic (exact) mass is 329 g/mol. The fourth-order valence-electron chi connectivity index (χ4n) is 2.60. The Kier molecular flexibility index (Phi) is 4.93. The van der Waals surface area contributed by atoms with Gasteiger partial charge in [-0.2, -0.15) is 0 Å². The highest BCUT2D eigenvalue weighted by Crippen LogP contribution is 2.37. The van der Waals surface area contributed by atoms with Gasteiger partial charge in [-0.1, -0.05) is 47.6 Å². The van der Waals surface area contributed by atoms with E-state index in [9.17, 15) is 9.50 Å². The molecule has 130 valence electrons. The van der Waals surface area contributed by atoms with Crippen LogP contribution in [0.15, 0.2) is 36.4 Å². The summed E-state index contributed by atoms with van der Waals surface area (Å²) in [6.07, 6.45) is 0. The average Bonchev–Trinajstić information content (AvgIpc) is 2.45. The lowest BCUT2D eigenvalue weighted by molar-refractivity contribution is 0.439. The Morgan fingerprint density at radius 2 is 1.50 bits per heavy atom. The predicted octanol–water partition coefficient (Wildman–Crippen LogP) is 5.74. The maximum absolute atomic E-state index is 13.0. The Labute approximate surface area is 144 Å². The van der Waals surface area contributed by atoms with E-state index in [4.69, 9.17) is 0 Å². The number of phenols is 1. The van der Waals surface area contributed by atoms with Gasteiger partial charge in [0.15, 0.2) is 0 Å². The number of nitrogens with one attached hydrogen (secondary N) is 1. The van der Waals surface area contributed by atoms with Gasteiger partial charge in [-0.3, -0.25) is 0 Å². The normalized spacial score (nSPS) is 12.3. The van der Waals surface area contributed by atoms with E-state index < -0.39 is 0 Å². The maximum atomic E-state index is 13.0. The van der Waals surface area contributed by atoms with Gasteiger partial charge in [-0.05, 0) is 52.3 Å². The van der Waals surface area contributed by atoms with Crippen LogP contribution in [0.25, 0.3) is 0 Å². The summed E-state index contributed by atoms with van der Waals surface area (Å²) in [5.41, 5.74) is 3.69. The fraction of sp³-hybridized carbons (Fsp3) is 0.429. The maximum Gasteiger partial charge on any atom is 0.124 e. The first-order chi connectivity index (χ1) is 11.0. The molecule has 2 N–H and O–H groups in total. The molecule has 0 amide bonds. The van der Waals surface area contributed by atoms with E-state index in [1.807, 2.05) is 0 Å². The van der Waals surface area contributed by atoms with Gasteiger partial charge >= 0.3 is 0 Å². The summed E-state index contributed by atoms with van der Waals surface area (Å²) in [6, 6.07) is 10.4. The summed E-state index contributed by atoms with van der Waals surface area (Å²) >= 11 is 0. The molecule has 0 fully saturated rings. The van der Waals surface area contributed by atoms with E-state index in [1.54, 1.807) is 12.1 Å². The highest BCUT2D eigenvalue weighted by molar-refractivity contribution is 5.51. The minimum Gasteiger partial charge on any atom is -0.507 e. The van der Waals surface area contributed by atoms with Crippen molar-refractivity contribution in [2.24, 2.45) is 0 Å². The van der Waals surface area contributed by atoms with Gasteiger partial charge in [0.2, 0.25) is 0 Å². The van der Waals surface area contributed by atoms with Crippen LogP contribution in [0.4, 0.5) is 10.1 Å². The molecule has 24 heavy (non-hydrogen) atoms. The van der Waals surface area contributed by atoms with E-state index in [0.29, 0.717) is 12.3 Å². The second kappa shape index (κ2) is 6.46. The predicted molar refractivity (Wildman–Crippen MR) is 99.2 cm³/mol. The van der Waals surface area contributed by atoms with Crippen molar-refractivity contribution in [3.8, 4) is 5.75 Å². The second-order valence-electron chi connectivity index (χ2n) is 8.39. The minimum absolute atomic E-state index is 0.00166. The molecule has 0 saturated heterocycles. The summed E-state index contributed by atoms with van der Waals surface area (Å²) in [5.74, 6) is 0.0817. The van der Waals surface area contributed by atoms with Gasteiger partial charge < -0.3 is 10.4 Å². The Hall–Kier alpha value is -2.03. The van der Waals surface area contributed by atoms with Crippen LogP contribution in [0, 0.1) is 5.82 Å². The number of anilines is 1. The van der Waals surface area contributed by atoms with E-state index >= 15 is 0 Å². The highest BCUT2D eigenvalue weighted by atomic mass is 19.1. The zero-order chi connectivity index (χ0) is 18.1. The summed E-state index contributed by atoms with van der Waals surface area (Å²) < 4.78 is 13.0. The standard InChI is InChI=1S/C21H28FNO/c1-20(2,3)15-11-14(19(24)18(12-15)21(4,5)6)13-23-17-9-7-16(22)8-10-17/h7-12,23-24H,13H2,1-6H3. The number of phenolic OH excluding ortho intramolecular Hbond substituents is 1. The van der Waals surface area contributed by atoms with E-state index in [1.165, 1.54) is 17.7 Å². The lowest BCUT2D eigenvalue weighted by Crippen LogP contribution is -2.18. The minimum atomic E-state index is -0.256. The van der Waals surface area contributed by atoms with Crippen molar-refractivity contribution in [1.29, 1.82) is 0 Å². The van der Waals surface area contributed by atoms with E-state index in [-0.39, 0.29) is 16.6 Å². The average molecular weight is 329 g/mol. The highest BCUT2D eigenvalue weighted by Gasteiger charge is 2.24. The van der Waals surface area contributed by atoms with Crippen molar-refractivity contribution in [3.05, 3.63) is 58.9 Å². The number of aromatic hydroxyl groups is 1. The molecule has 0 heterocycles. The molecule has 0 aliphatic rings. The largest absolute Gasteiger partial charge is 0.507 e. The Morgan fingerprint density at radius 1 is 0.917 bits per heavy atom. The summed E-state index contributed by atoms with van der Waals surface area (Å²) in [6.45, 7) is 13.3. The van der Waals surface area contributed by atoms with Crippen molar-refractivity contribution in [1.82, 2.24) is 0 Å². The van der Waals surface area contributed by atoms with Gasteiger partial charge in [0.1, 0.15) is 11.6 Å². The number of rotatable bonds is 3. The molecule has 0 bridgehead atoms. The van der Waals surface area contributed by atoms with Crippen molar-refractivity contribution in [3.63, 3.8) is 0 Å². The molecule has 2 aromatic rings. The lowest BCUT2D eigenvalue weighted by Gasteiger charge is -2.27. The SMILES string of the molecule is CC(C)(C)c1cc(CNc2ccc(F)cc2)c(O)c(C(C)(C)C)c1. The summed E-state index contributed by atoms with van der Waals surface area (Å²) in [5, 5.41) is 14.0. The van der Waals surface area contributed by atoms with Gasteiger partial charge in [-0.15, -0.1) is 0 Å². The second-order valence-corrected chi connectivity index (χ2v) is 8.39.